The second-order valence-corrected chi connectivity index (χ2v) is 10.2. The Hall–Kier alpha value is -3.47. The van der Waals surface area contributed by atoms with Crippen LogP contribution < -0.4 is 15.4 Å². The fourth-order valence-corrected chi connectivity index (χ4v) is 4.87. The van der Waals surface area contributed by atoms with Crippen molar-refractivity contribution in [3.63, 3.8) is 0 Å². The molecule has 4 amide bonds. The van der Waals surface area contributed by atoms with E-state index in [1.165, 1.54) is 28.1 Å². The van der Waals surface area contributed by atoms with Gasteiger partial charge >= 0.3 is 6.03 Å². The van der Waals surface area contributed by atoms with Gasteiger partial charge in [-0.1, -0.05) is 6.07 Å². The third-order valence-electron chi connectivity index (χ3n) is 5.88. The van der Waals surface area contributed by atoms with Crippen molar-refractivity contribution in [1.82, 2.24) is 9.88 Å². The van der Waals surface area contributed by atoms with Gasteiger partial charge in [0.25, 0.3) is 11.8 Å². The average Bonchev–Trinajstić information content (AvgIpc) is 3.08. The van der Waals surface area contributed by atoms with Gasteiger partial charge in [0.05, 0.1) is 4.90 Å². The van der Waals surface area contributed by atoms with E-state index in [9.17, 15) is 22.8 Å². The van der Waals surface area contributed by atoms with E-state index in [-0.39, 0.29) is 40.9 Å². The van der Waals surface area contributed by atoms with Crippen LogP contribution in [0.5, 0.6) is 5.88 Å². The zero-order chi connectivity index (χ0) is 23.8. The number of anilines is 1. The number of hydrogen-bond acceptors (Lipinski definition) is 7. The van der Waals surface area contributed by atoms with E-state index in [0.717, 1.165) is 6.26 Å². The lowest BCUT2D eigenvalue weighted by Gasteiger charge is -2.33. The number of amides is 4. The maximum atomic E-state index is 13.1. The monoisotopic (exact) mass is 472 g/mol. The van der Waals surface area contributed by atoms with Crippen LogP contribution in [0.3, 0.4) is 0 Å². The van der Waals surface area contributed by atoms with Gasteiger partial charge in [0.1, 0.15) is 18.2 Å². The van der Waals surface area contributed by atoms with Crippen LogP contribution in [0.4, 0.5) is 10.5 Å². The third-order valence-corrected chi connectivity index (χ3v) is 6.99. The van der Waals surface area contributed by atoms with E-state index in [0.29, 0.717) is 31.4 Å². The van der Waals surface area contributed by atoms with Crippen LogP contribution in [0, 0.1) is 0 Å². The maximum Gasteiger partial charge on any atom is 0.331 e. The zero-order valence-electron chi connectivity index (χ0n) is 18.0. The number of rotatable bonds is 6. The number of hydrogen-bond donors (Lipinski definition) is 1. The Morgan fingerprint density at radius 2 is 1.85 bits per heavy atom. The molecule has 1 saturated heterocycles. The molecule has 2 heterocycles. The molecule has 1 aliphatic heterocycles. The summed E-state index contributed by atoms with van der Waals surface area (Å²) in [6.07, 6.45) is 4.61. The summed E-state index contributed by atoms with van der Waals surface area (Å²) in [7, 11) is -3.44. The molecule has 1 aromatic carbocycles. The summed E-state index contributed by atoms with van der Waals surface area (Å²) in [5.74, 6) is -0.770. The highest BCUT2D eigenvalue weighted by Gasteiger charge is 2.42. The summed E-state index contributed by atoms with van der Waals surface area (Å²) in [4.78, 5) is 44.1. The molecule has 174 valence electrons. The van der Waals surface area contributed by atoms with Crippen LogP contribution in [0.25, 0.3) is 0 Å². The smallest absolute Gasteiger partial charge is 0.331 e. The van der Waals surface area contributed by atoms with Crippen molar-refractivity contribution in [2.45, 2.75) is 42.7 Å². The van der Waals surface area contributed by atoms with Gasteiger partial charge < -0.3 is 10.5 Å². The van der Waals surface area contributed by atoms with Gasteiger partial charge in [-0.15, -0.1) is 0 Å². The Labute approximate surface area is 191 Å². The summed E-state index contributed by atoms with van der Waals surface area (Å²) >= 11 is 0. The average molecular weight is 473 g/mol. The van der Waals surface area contributed by atoms with Gasteiger partial charge in [0.15, 0.2) is 9.84 Å². The molecular formula is C22H24N4O6S. The molecular weight excluding hydrogens is 448 g/mol. The van der Waals surface area contributed by atoms with Crippen molar-refractivity contribution in [1.29, 1.82) is 0 Å². The second kappa shape index (κ2) is 8.81. The first-order chi connectivity index (χ1) is 15.6. The Bertz CT molecular complexity index is 1210. The molecule has 11 heteroatoms. The summed E-state index contributed by atoms with van der Waals surface area (Å²) in [6.45, 7) is -0.140. The minimum absolute atomic E-state index is 0.0845. The highest BCUT2D eigenvalue weighted by molar-refractivity contribution is 7.90. The molecule has 33 heavy (non-hydrogen) atoms. The molecule has 2 aliphatic rings. The number of nitrogens with two attached hydrogens (primary N) is 1. The lowest BCUT2D eigenvalue weighted by Crippen LogP contribution is -2.44. The normalized spacial score (nSPS) is 21.4. The van der Waals surface area contributed by atoms with Crippen molar-refractivity contribution >= 4 is 33.4 Å². The predicted molar refractivity (Wildman–Crippen MR) is 119 cm³/mol. The third kappa shape index (κ3) is 4.68. The molecule has 2 N–H and O–H groups in total. The topological polar surface area (TPSA) is 140 Å². The molecule has 2 aromatic rings. The molecule has 2 fully saturated rings. The van der Waals surface area contributed by atoms with Gasteiger partial charge in [0.2, 0.25) is 5.88 Å². The standard InChI is InChI=1S/C22H24N4O6S/c1-33(30,31)17-5-2-4-15(12-17)25-13-19(27)26(22(25)29)14-7-9-16(10-8-14)32-21-18(20(23)28)6-3-11-24-21/h2-6,11-12,14,16H,7-10,13H2,1H3,(H2,23,28). The van der Waals surface area contributed by atoms with Crippen molar-refractivity contribution in [2.75, 3.05) is 17.7 Å². The summed E-state index contributed by atoms with van der Waals surface area (Å²) < 4.78 is 29.6. The Morgan fingerprint density at radius 1 is 1.12 bits per heavy atom. The maximum absolute atomic E-state index is 13.1. The van der Waals surface area contributed by atoms with E-state index in [1.807, 2.05) is 0 Å². The molecule has 0 bridgehead atoms. The van der Waals surface area contributed by atoms with Gasteiger partial charge in [0, 0.05) is 24.2 Å². The van der Waals surface area contributed by atoms with Crippen LogP contribution >= 0.6 is 0 Å². The Morgan fingerprint density at radius 3 is 2.52 bits per heavy atom. The molecule has 4 rings (SSSR count). The number of imide groups is 1. The lowest BCUT2D eigenvalue weighted by molar-refractivity contribution is -0.127. The minimum Gasteiger partial charge on any atom is -0.474 e. The quantitative estimate of drug-likeness (QED) is 0.632. The van der Waals surface area contributed by atoms with Crippen molar-refractivity contribution in [3.05, 3.63) is 48.2 Å². The number of sulfone groups is 1. The van der Waals surface area contributed by atoms with E-state index >= 15 is 0 Å². The van der Waals surface area contributed by atoms with E-state index in [4.69, 9.17) is 10.5 Å². The van der Waals surface area contributed by atoms with Crippen molar-refractivity contribution in [2.24, 2.45) is 5.73 Å². The number of nitrogens with zero attached hydrogens (tertiary/aromatic N) is 3. The molecule has 0 unspecified atom stereocenters. The number of primary amides is 1. The Kier molecular flexibility index (Phi) is 6.07. The highest BCUT2D eigenvalue weighted by Crippen LogP contribution is 2.31. The van der Waals surface area contributed by atoms with E-state index in [1.54, 1.807) is 24.3 Å². The summed E-state index contributed by atoms with van der Waals surface area (Å²) in [5, 5.41) is 0. The highest BCUT2D eigenvalue weighted by atomic mass is 32.2. The van der Waals surface area contributed by atoms with Crippen LogP contribution in [0.15, 0.2) is 47.5 Å². The first-order valence-corrected chi connectivity index (χ1v) is 12.4. The first kappa shape index (κ1) is 22.7. The van der Waals surface area contributed by atoms with Crippen molar-refractivity contribution < 1.29 is 27.5 Å². The summed E-state index contributed by atoms with van der Waals surface area (Å²) in [5.41, 5.74) is 5.94. The molecule has 1 aliphatic carbocycles. The van der Waals surface area contributed by atoms with Crippen molar-refractivity contribution in [3.8, 4) is 5.88 Å². The molecule has 10 nitrogen and oxygen atoms in total. The van der Waals surface area contributed by atoms with Crippen LogP contribution in [-0.4, -0.2) is 61.1 Å². The zero-order valence-corrected chi connectivity index (χ0v) is 18.8. The fraction of sp³-hybridized carbons (Fsp3) is 0.364. The summed E-state index contributed by atoms with van der Waals surface area (Å²) in [6, 6.07) is 8.41. The first-order valence-electron chi connectivity index (χ1n) is 10.5. The number of pyridine rings is 1. The Balaban J connectivity index is 1.43. The van der Waals surface area contributed by atoms with E-state index < -0.39 is 21.8 Å². The van der Waals surface area contributed by atoms with E-state index in [2.05, 4.69) is 4.98 Å². The number of urea groups is 1. The number of benzene rings is 1. The largest absolute Gasteiger partial charge is 0.474 e. The number of carbonyl (C=O) groups is 3. The molecule has 0 radical (unpaired) electrons. The predicted octanol–water partition coefficient (Wildman–Crippen LogP) is 1.74. The molecule has 1 aromatic heterocycles. The molecule has 1 saturated carbocycles. The number of aromatic nitrogens is 1. The minimum atomic E-state index is -3.44. The van der Waals surface area contributed by atoms with Crippen LogP contribution in [0.2, 0.25) is 0 Å². The van der Waals surface area contributed by atoms with Crippen LogP contribution in [-0.2, 0) is 14.6 Å². The second-order valence-electron chi connectivity index (χ2n) is 8.17. The lowest BCUT2D eigenvalue weighted by atomic mass is 9.92. The molecule has 0 spiro atoms. The number of carbonyl (C=O) groups excluding carboxylic acids is 3. The number of ether oxygens (including phenoxy) is 1. The van der Waals surface area contributed by atoms with Gasteiger partial charge in [-0.05, 0) is 56.0 Å². The van der Waals surface area contributed by atoms with Crippen LogP contribution in [0.1, 0.15) is 36.0 Å². The van der Waals surface area contributed by atoms with Gasteiger partial charge in [-0.3, -0.25) is 19.4 Å². The fourth-order valence-electron chi connectivity index (χ4n) is 4.21. The van der Waals surface area contributed by atoms with Gasteiger partial charge in [-0.2, -0.15) is 0 Å². The van der Waals surface area contributed by atoms with Gasteiger partial charge in [-0.25, -0.2) is 18.2 Å². The molecule has 0 atom stereocenters. The SMILES string of the molecule is CS(=O)(=O)c1cccc(N2CC(=O)N(C3CCC(Oc4ncccc4C(N)=O)CC3)C2=O)c1.